The maximum Gasteiger partial charge on any atom is 0.387 e. The lowest BCUT2D eigenvalue weighted by molar-refractivity contribution is -0.384. The minimum absolute atomic E-state index is 0.0207. The molecule has 1 fully saturated rings. The van der Waals surface area contributed by atoms with Crippen LogP contribution in [0.1, 0.15) is 5.56 Å². The van der Waals surface area contributed by atoms with Crippen LogP contribution in [0.2, 0.25) is 0 Å². The van der Waals surface area contributed by atoms with Crippen LogP contribution in [0.25, 0.3) is 11.0 Å². The average molecular weight is 513 g/mol. The summed E-state index contributed by atoms with van der Waals surface area (Å²) in [6, 6.07) is 6.51. The van der Waals surface area contributed by atoms with Crippen LogP contribution < -0.4 is 20.3 Å². The van der Waals surface area contributed by atoms with E-state index in [1.54, 1.807) is 23.4 Å². The number of nitrogens with zero attached hydrogens (tertiary/aromatic N) is 6. The van der Waals surface area contributed by atoms with Gasteiger partial charge in [0.05, 0.1) is 27.4 Å². The first-order valence-corrected chi connectivity index (χ1v) is 11.6. The lowest BCUT2D eigenvalue weighted by atomic mass is 10.1. The summed E-state index contributed by atoms with van der Waals surface area (Å²) in [6.07, 6.45) is 6.24. The van der Waals surface area contributed by atoms with E-state index in [1.807, 2.05) is 48.9 Å². The molecule has 1 aromatic carbocycles. The van der Waals surface area contributed by atoms with Gasteiger partial charge in [0.2, 0.25) is 0 Å². The summed E-state index contributed by atoms with van der Waals surface area (Å²) >= 11 is 0. The number of hydrogen-bond acceptors (Lipinski definition) is 9. The molecular formula is C24H26F2N8O3. The van der Waals surface area contributed by atoms with Gasteiger partial charge in [0.15, 0.2) is 12.0 Å². The Bertz CT molecular complexity index is 1400. The molecule has 0 bridgehead atoms. The third-order valence-corrected chi connectivity index (χ3v) is 6.50. The molecule has 4 heterocycles. The van der Waals surface area contributed by atoms with Crippen molar-refractivity contribution in [3.05, 3.63) is 64.6 Å². The standard InChI is InChI=1S/C24H26F2N8O3/c1-31(2)14-11-33(12-14)19-10-21(37-23(25)26)17(9-20(19)34(35)36)30-24-28-8-6-16(29-24)15-13-32(3)18-5-4-7-27-22(15)18/h4-10,13-14,23-24,28,30H,11-12H2,1-3H3. The lowest BCUT2D eigenvalue weighted by Crippen LogP contribution is -2.57. The van der Waals surface area contributed by atoms with Gasteiger partial charge in [0, 0.05) is 62.5 Å². The van der Waals surface area contributed by atoms with E-state index in [9.17, 15) is 18.9 Å². The quantitative estimate of drug-likeness (QED) is 0.350. The smallest absolute Gasteiger partial charge is 0.387 e. The molecule has 2 aliphatic heterocycles. The number of likely N-dealkylation sites (N-methyl/N-ethyl adjacent to an activating group) is 1. The molecule has 1 atom stereocenters. The second-order valence-corrected chi connectivity index (χ2v) is 9.08. The Kier molecular flexibility index (Phi) is 6.38. The normalized spacial score (nSPS) is 17.6. The highest BCUT2D eigenvalue weighted by atomic mass is 19.3. The van der Waals surface area contributed by atoms with Crippen molar-refractivity contribution in [2.75, 3.05) is 37.4 Å². The van der Waals surface area contributed by atoms with Crippen molar-refractivity contribution in [1.29, 1.82) is 0 Å². The Morgan fingerprint density at radius 3 is 2.81 bits per heavy atom. The van der Waals surface area contributed by atoms with Gasteiger partial charge in [0.25, 0.3) is 5.69 Å². The summed E-state index contributed by atoms with van der Waals surface area (Å²) in [4.78, 5) is 24.3. The molecule has 194 valence electrons. The number of allylic oxidation sites excluding steroid dienone is 1. The molecule has 0 saturated carbocycles. The molecule has 2 N–H and O–H groups in total. The van der Waals surface area contributed by atoms with Crippen LogP contribution in [0.4, 0.5) is 25.8 Å². The number of anilines is 2. The second kappa shape index (κ2) is 9.65. The molecule has 2 aliphatic rings. The number of aryl methyl sites for hydroxylation is 1. The van der Waals surface area contributed by atoms with Crippen molar-refractivity contribution in [3.8, 4) is 5.75 Å². The van der Waals surface area contributed by atoms with Crippen molar-refractivity contribution in [2.45, 2.75) is 18.9 Å². The Morgan fingerprint density at radius 2 is 2.11 bits per heavy atom. The van der Waals surface area contributed by atoms with Gasteiger partial charge in [0.1, 0.15) is 5.69 Å². The Hall–Kier alpha value is -4.26. The lowest BCUT2D eigenvalue weighted by Gasteiger charge is -2.44. The summed E-state index contributed by atoms with van der Waals surface area (Å²) in [6.45, 7) is -2.03. The maximum absolute atomic E-state index is 13.3. The minimum atomic E-state index is -3.11. The largest absolute Gasteiger partial charge is 0.433 e. The molecule has 0 radical (unpaired) electrons. The van der Waals surface area contributed by atoms with E-state index in [0.717, 1.165) is 16.6 Å². The van der Waals surface area contributed by atoms with Crippen LogP contribution in [0.3, 0.4) is 0 Å². The number of nitrogens with one attached hydrogen (secondary N) is 2. The highest BCUT2D eigenvalue weighted by molar-refractivity contribution is 6.15. The van der Waals surface area contributed by atoms with E-state index in [-0.39, 0.29) is 28.9 Å². The van der Waals surface area contributed by atoms with Gasteiger partial charge in [-0.2, -0.15) is 8.78 Å². The van der Waals surface area contributed by atoms with Gasteiger partial charge in [-0.3, -0.25) is 15.1 Å². The number of fused-ring (bicyclic) bond motifs is 1. The number of pyridine rings is 1. The summed E-state index contributed by atoms with van der Waals surface area (Å²) in [5, 5.41) is 17.9. The fourth-order valence-electron chi connectivity index (χ4n) is 4.46. The van der Waals surface area contributed by atoms with E-state index in [1.165, 1.54) is 12.1 Å². The van der Waals surface area contributed by atoms with E-state index in [0.29, 0.717) is 18.8 Å². The predicted octanol–water partition coefficient (Wildman–Crippen LogP) is 3.13. The Balaban J connectivity index is 1.47. The molecule has 11 nitrogen and oxygen atoms in total. The number of alkyl halides is 2. The molecule has 13 heteroatoms. The third-order valence-electron chi connectivity index (χ3n) is 6.50. The first kappa shape index (κ1) is 24.4. The average Bonchev–Trinajstić information content (AvgIpc) is 3.16. The minimum Gasteiger partial charge on any atom is -0.433 e. The van der Waals surface area contributed by atoms with Crippen LogP contribution in [0.5, 0.6) is 5.75 Å². The molecular weight excluding hydrogens is 486 g/mol. The summed E-state index contributed by atoms with van der Waals surface area (Å²) in [5.41, 5.74) is 3.13. The van der Waals surface area contributed by atoms with E-state index in [4.69, 9.17) is 4.74 Å². The molecule has 0 spiro atoms. The first-order chi connectivity index (χ1) is 17.7. The first-order valence-electron chi connectivity index (χ1n) is 11.6. The van der Waals surface area contributed by atoms with Crippen molar-refractivity contribution >= 4 is 33.8 Å². The zero-order valence-corrected chi connectivity index (χ0v) is 20.4. The highest BCUT2D eigenvalue weighted by Gasteiger charge is 2.34. The number of ether oxygens (including phenoxy) is 1. The molecule has 0 amide bonds. The van der Waals surface area contributed by atoms with Crippen LogP contribution >= 0.6 is 0 Å². The second-order valence-electron chi connectivity index (χ2n) is 9.08. The highest BCUT2D eigenvalue weighted by Crippen LogP contribution is 2.41. The van der Waals surface area contributed by atoms with Crippen molar-refractivity contribution < 1.29 is 18.4 Å². The number of aromatic nitrogens is 2. The molecule has 37 heavy (non-hydrogen) atoms. The molecule has 0 aliphatic carbocycles. The van der Waals surface area contributed by atoms with Gasteiger partial charge < -0.3 is 29.7 Å². The summed E-state index contributed by atoms with van der Waals surface area (Å²) in [5.74, 6) is -0.205. The van der Waals surface area contributed by atoms with Gasteiger partial charge in [-0.1, -0.05) is 0 Å². The number of hydrogen-bond donors (Lipinski definition) is 2. The van der Waals surface area contributed by atoms with Crippen molar-refractivity contribution in [3.63, 3.8) is 0 Å². The third kappa shape index (κ3) is 4.77. The Labute approximate surface area is 211 Å². The number of benzene rings is 1. The number of nitro groups is 1. The summed E-state index contributed by atoms with van der Waals surface area (Å²) < 4.78 is 33.3. The van der Waals surface area contributed by atoms with E-state index in [2.05, 4.69) is 20.6 Å². The van der Waals surface area contributed by atoms with Crippen LogP contribution in [-0.4, -0.2) is 71.2 Å². The zero-order chi connectivity index (χ0) is 26.3. The monoisotopic (exact) mass is 512 g/mol. The van der Waals surface area contributed by atoms with Crippen LogP contribution in [0.15, 0.2) is 53.9 Å². The number of nitro benzene ring substituents is 1. The molecule has 1 saturated heterocycles. The number of halogens is 2. The molecule has 3 aromatic rings. The molecule has 2 aromatic heterocycles. The summed E-state index contributed by atoms with van der Waals surface area (Å²) in [7, 11) is 5.75. The fourth-order valence-corrected chi connectivity index (χ4v) is 4.46. The molecule has 5 rings (SSSR count). The number of aliphatic imine (C=N–C) groups is 1. The molecule has 1 unspecified atom stereocenters. The van der Waals surface area contributed by atoms with Gasteiger partial charge in [-0.15, -0.1) is 0 Å². The Morgan fingerprint density at radius 1 is 1.32 bits per heavy atom. The van der Waals surface area contributed by atoms with Crippen molar-refractivity contribution in [1.82, 2.24) is 19.8 Å². The van der Waals surface area contributed by atoms with Crippen LogP contribution in [0, 0.1) is 10.1 Å². The zero-order valence-electron chi connectivity index (χ0n) is 20.4. The number of rotatable bonds is 8. The topological polar surface area (TPSA) is 113 Å². The van der Waals surface area contributed by atoms with E-state index < -0.39 is 17.8 Å². The SMILES string of the molecule is CN(C)C1CN(c2cc(OC(F)F)c(NC3N=C(c4cn(C)c5cccnc45)C=CN3)cc2[N+](=O)[O-])C1. The van der Waals surface area contributed by atoms with Crippen molar-refractivity contribution in [2.24, 2.45) is 12.0 Å². The predicted molar refractivity (Wildman–Crippen MR) is 136 cm³/mol. The van der Waals surface area contributed by atoms with Gasteiger partial charge in [-0.25, -0.2) is 4.99 Å². The van der Waals surface area contributed by atoms with Gasteiger partial charge in [-0.05, 0) is 32.3 Å². The van der Waals surface area contributed by atoms with E-state index >= 15 is 0 Å². The van der Waals surface area contributed by atoms with Gasteiger partial charge >= 0.3 is 6.61 Å². The maximum atomic E-state index is 13.3. The van der Waals surface area contributed by atoms with Crippen LogP contribution in [-0.2, 0) is 7.05 Å². The fraction of sp³-hybridized carbons (Fsp3) is 0.333.